The van der Waals surface area contributed by atoms with Gasteiger partial charge in [0.15, 0.2) is 0 Å². The zero-order valence-electron chi connectivity index (χ0n) is 10.6. The summed E-state index contributed by atoms with van der Waals surface area (Å²) in [5.74, 6) is 0.572. The number of carbonyl (C=O) groups excluding carboxylic acids is 1. The molecule has 0 radical (unpaired) electrons. The lowest BCUT2D eigenvalue weighted by atomic mass is 10.1. The predicted octanol–water partition coefficient (Wildman–Crippen LogP) is 2.81. The van der Waals surface area contributed by atoms with Crippen molar-refractivity contribution in [2.75, 3.05) is 0 Å². The van der Waals surface area contributed by atoms with Crippen LogP contribution < -0.4 is 5.32 Å². The van der Waals surface area contributed by atoms with E-state index in [-0.39, 0.29) is 11.9 Å². The summed E-state index contributed by atoms with van der Waals surface area (Å²) >= 11 is 7.34. The molecular formula is C13H15ClN2O2S. The smallest absolute Gasteiger partial charge is 0.264 e. The molecule has 6 heteroatoms. The van der Waals surface area contributed by atoms with Crippen LogP contribution in [-0.4, -0.2) is 23.8 Å². The number of thiophene rings is 1. The van der Waals surface area contributed by atoms with E-state index in [2.05, 4.69) is 10.5 Å². The topological polar surface area (TPSA) is 50.7 Å². The lowest BCUT2D eigenvalue weighted by Gasteiger charge is -2.15. The van der Waals surface area contributed by atoms with Gasteiger partial charge in [-0.1, -0.05) is 16.8 Å². The first-order valence-electron chi connectivity index (χ1n) is 6.42. The van der Waals surface area contributed by atoms with E-state index in [0.717, 1.165) is 10.6 Å². The number of nitrogens with one attached hydrogen (secondary N) is 1. The minimum atomic E-state index is -0.503. The molecule has 3 rings (SSSR count). The van der Waals surface area contributed by atoms with Crippen molar-refractivity contribution < 1.29 is 9.63 Å². The number of carbonyl (C=O) groups is 1. The summed E-state index contributed by atoms with van der Waals surface area (Å²) in [6, 6.07) is 3.96. The van der Waals surface area contributed by atoms with E-state index in [1.165, 1.54) is 24.2 Å². The largest absolute Gasteiger partial charge is 0.382 e. The van der Waals surface area contributed by atoms with Crippen molar-refractivity contribution in [1.82, 2.24) is 5.32 Å². The first-order valence-corrected chi connectivity index (χ1v) is 7.61. The van der Waals surface area contributed by atoms with Gasteiger partial charge in [-0.15, -0.1) is 11.3 Å². The minimum Gasteiger partial charge on any atom is -0.382 e. The fraction of sp³-hybridized carbons (Fsp3) is 0.538. The molecule has 1 saturated carbocycles. The Labute approximate surface area is 120 Å². The molecule has 0 spiro atoms. The van der Waals surface area contributed by atoms with Crippen LogP contribution in [0.15, 0.2) is 17.3 Å². The van der Waals surface area contributed by atoms with Gasteiger partial charge in [0, 0.05) is 12.5 Å². The van der Waals surface area contributed by atoms with Crippen LogP contribution in [0.3, 0.4) is 0 Å². The van der Waals surface area contributed by atoms with Crippen molar-refractivity contribution in [3.05, 3.63) is 21.3 Å². The van der Waals surface area contributed by atoms with Crippen molar-refractivity contribution in [2.24, 2.45) is 11.1 Å². The average Bonchev–Trinajstić information content (AvgIpc) is 2.95. The highest BCUT2D eigenvalue weighted by molar-refractivity contribution is 7.18. The van der Waals surface area contributed by atoms with Gasteiger partial charge < -0.3 is 10.2 Å². The molecule has 0 saturated heterocycles. The SMILES string of the molecule is CC(NC(=O)C1CC(c2ccc(Cl)s2)=NO1)C1CC1. The first-order chi connectivity index (χ1) is 9.13. The lowest BCUT2D eigenvalue weighted by molar-refractivity contribution is -0.131. The van der Waals surface area contributed by atoms with Crippen molar-refractivity contribution in [3.63, 3.8) is 0 Å². The van der Waals surface area contributed by atoms with E-state index in [1.807, 2.05) is 19.1 Å². The van der Waals surface area contributed by atoms with Gasteiger partial charge in [0.1, 0.15) is 5.71 Å². The third kappa shape index (κ3) is 2.92. The van der Waals surface area contributed by atoms with Crippen LogP contribution in [-0.2, 0) is 9.63 Å². The fourth-order valence-corrected chi connectivity index (χ4v) is 3.20. The number of hydrogen-bond donors (Lipinski definition) is 1. The zero-order chi connectivity index (χ0) is 13.4. The van der Waals surface area contributed by atoms with E-state index in [4.69, 9.17) is 16.4 Å². The normalized spacial score (nSPS) is 23.7. The maximum atomic E-state index is 12.0. The number of hydrogen-bond acceptors (Lipinski definition) is 4. The van der Waals surface area contributed by atoms with E-state index in [9.17, 15) is 4.79 Å². The Balaban J connectivity index is 1.56. The number of amides is 1. The molecule has 1 aromatic heterocycles. The first kappa shape index (κ1) is 12.9. The van der Waals surface area contributed by atoms with Crippen molar-refractivity contribution in [1.29, 1.82) is 0 Å². The van der Waals surface area contributed by atoms with Gasteiger partial charge in [0.2, 0.25) is 6.10 Å². The molecule has 2 aliphatic rings. The fourth-order valence-electron chi connectivity index (χ4n) is 2.16. The Morgan fingerprint density at radius 1 is 1.58 bits per heavy atom. The monoisotopic (exact) mass is 298 g/mol. The molecule has 1 aromatic rings. The van der Waals surface area contributed by atoms with Crippen molar-refractivity contribution >= 4 is 34.6 Å². The molecule has 102 valence electrons. The van der Waals surface area contributed by atoms with Gasteiger partial charge in [0.05, 0.1) is 9.21 Å². The van der Waals surface area contributed by atoms with Gasteiger partial charge in [-0.2, -0.15) is 0 Å². The van der Waals surface area contributed by atoms with Crippen LogP contribution in [0.1, 0.15) is 31.1 Å². The molecule has 1 aliphatic heterocycles. The second-order valence-electron chi connectivity index (χ2n) is 5.07. The van der Waals surface area contributed by atoms with Gasteiger partial charge in [-0.3, -0.25) is 4.79 Å². The number of nitrogens with zero attached hydrogens (tertiary/aromatic N) is 1. The van der Waals surface area contributed by atoms with Crippen molar-refractivity contribution in [2.45, 2.75) is 38.3 Å². The average molecular weight is 299 g/mol. The van der Waals surface area contributed by atoms with Crippen LogP contribution in [0.25, 0.3) is 0 Å². The molecule has 2 heterocycles. The Morgan fingerprint density at radius 3 is 3.00 bits per heavy atom. The Kier molecular flexibility index (Phi) is 3.50. The highest BCUT2D eigenvalue weighted by atomic mass is 35.5. The summed E-state index contributed by atoms with van der Waals surface area (Å²) < 4.78 is 0.716. The molecule has 19 heavy (non-hydrogen) atoms. The highest BCUT2D eigenvalue weighted by Crippen LogP contribution is 2.32. The van der Waals surface area contributed by atoms with Gasteiger partial charge in [-0.05, 0) is 37.8 Å². The standard InChI is InChI=1S/C13H15ClN2O2S/c1-7(8-2-3-8)15-13(17)10-6-9(16-18-10)11-4-5-12(14)19-11/h4-5,7-8,10H,2-3,6H2,1H3,(H,15,17). The van der Waals surface area contributed by atoms with E-state index < -0.39 is 6.10 Å². The molecule has 2 unspecified atom stereocenters. The molecule has 4 nitrogen and oxygen atoms in total. The van der Waals surface area contributed by atoms with Gasteiger partial charge >= 0.3 is 0 Å². The maximum absolute atomic E-state index is 12.0. The van der Waals surface area contributed by atoms with Crippen LogP contribution in [0, 0.1) is 5.92 Å². The van der Waals surface area contributed by atoms with Gasteiger partial charge in [0.25, 0.3) is 5.91 Å². The van der Waals surface area contributed by atoms with Crippen LogP contribution in [0.4, 0.5) is 0 Å². The van der Waals surface area contributed by atoms with Gasteiger partial charge in [-0.25, -0.2) is 0 Å². The summed E-state index contributed by atoms with van der Waals surface area (Å²) in [5.41, 5.74) is 0.802. The third-order valence-electron chi connectivity index (χ3n) is 3.52. The molecule has 1 amide bonds. The number of halogens is 1. The van der Waals surface area contributed by atoms with Crippen LogP contribution >= 0.6 is 22.9 Å². The quantitative estimate of drug-likeness (QED) is 0.929. The van der Waals surface area contributed by atoms with Crippen LogP contribution in [0.2, 0.25) is 4.34 Å². The van der Waals surface area contributed by atoms with E-state index in [1.54, 1.807) is 0 Å². The molecule has 1 aliphatic carbocycles. The number of rotatable bonds is 4. The second kappa shape index (κ2) is 5.13. The van der Waals surface area contributed by atoms with Crippen molar-refractivity contribution in [3.8, 4) is 0 Å². The summed E-state index contributed by atoms with van der Waals surface area (Å²) in [5, 5.41) is 7.00. The zero-order valence-corrected chi connectivity index (χ0v) is 12.1. The van der Waals surface area contributed by atoms with E-state index >= 15 is 0 Å². The minimum absolute atomic E-state index is 0.0687. The predicted molar refractivity (Wildman–Crippen MR) is 75.7 cm³/mol. The summed E-state index contributed by atoms with van der Waals surface area (Å²) in [4.78, 5) is 18.2. The lowest BCUT2D eigenvalue weighted by Crippen LogP contribution is -2.41. The third-order valence-corrected chi connectivity index (χ3v) is 4.80. The number of oxime groups is 1. The molecule has 0 aromatic carbocycles. The van der Waals surface area contributed by atoms with E-state index in [0.29, 0.717) is 16.7 Å². The Bertz CT molecular complexity index is 524. The molecule has 1 fully saturated rings. The highest BCUT2D eigenvalue weighted by Gasteiger charge is 2.34. The summed E-state index contributed by atoms with van der Waals surface area (Å²) in [6.07, 6.45) is 2.43. The Morgan fingerprint density at radius 2 is 2.37 bits per heavy atom. The molecule has 0 bridgehead atoms. The Hall–Kier alpha value is -1.07. The molecular weight excluding hydrogens is 284 g/mol. The second-order valence-corrected chi connectivity index (χ2v) is 6.79. The molecule has 1 N–H and O–H groups in total. The summed E-state index contributed by atoms with van der Waals surface area (Å²) in [7, 11) is 0. The summed E-state index contributed by atoms with van der Waals surface area (Å²) in [6.45, 7) is 2.05. The van der Waals surface area contributed by atoms with Crippen LogP contribution in [0.5, 0.6) is 0 Å². The molecule has 2 atom stereocenters. The maximum Gasteiger partial charge on any atom is 0.264 e.